The summed E-state index contributed by atoms with van der Waals surface area (Å²) in [6, 6.07) is 2.64. The Morgan fingerprint density at radius 2 is 2.00 bits per heavy atom. The van der Waals surface area contributed by atoms with Crippen LogP contribution < -0.4 is 5.32 Å². The van der Waals surface area contributed by atoms with Gasteiger partial charge < -0.3 is 5.32 Å². The van der Waals surface area contributed by atoms with E-state index in [1.54, 1.807) is 0 Å². The fraction of sp³-hybridized carbons (Fsp3) is 0.500. The molecule has 1 aromatic carbocycles. The summed E-state index contributed by atoms with van der Waals surface area (Å²) in [5.74, 6) is -1.83. The predicted octanol–water partition coefficient (Wildman–Crippen LogP) is 3.76. The fourth-order valence-corrected chi connectivity index (χ4v) is 2.53. The normalized spacial score (nSPS) is 22.9. The zero-order valence-corrected chi connectivity index (χ0v) is 10.9. The molecule has 110 valence electrons. The maximum absolute atomic E-state index is 13.8. The lowest BCUT2D eigenvalue weighted by molar-refractivity contribution is -0.140. The second-order valence-electron chi connectivity index (χ2n) is 5.25. The molecule has 1 amide bonds. The van der Waals surface area contributed by atoms with E-state index in [0.717, 1.165) is 31.4 Å². The van der Waals surface area contributed by atoms with Crippen LogP contribution in [0.1, 0.15) is 42.1 Å². The van der Waals surface area contributed by atoms with Gasteiger partial charge in [-0.05, 0) is 37.3 Å². The number of rotatable bonds is 2. The SMILES string of the molecule is CC1CCC(NC(=O)c2cccc(C(F)(F)F)c2F)C1. The molecule has 0 heterocycles. The Morgan fingerprint density at radius 1 is 1.30 bits per heavy atom. The topological polar surface area (TPSA) is 29.1 Å². The Balaban J connectivity index is 2.18. The van der Waals surface area contributed by atoms with Crippen molar-refractivity contribution in [2.24, 2.45) is 5.92 Å². The molecule has 1 aromatic rings. The van der Waals surface area contributed by atoms with E-state index < -0.39 is 29.0 Å². The molecule has 2 unspecified atom stereocenters. The largest absolute Gasteiger partial charge is 0.419 e. The van der Waals surface area contributed by atoms with Crippen LogP contribution >= 0.6 is 0 Å². The number of carbonyl (C=O) groups excluding carboxylic acids is 1. The van der Waals surface area contributed by atoms with Gasteiger partial charge in [-0.25, -0.2) is 4.39 Å². The molecular weight excluding hydrogens is 274 g/mol. The first-order valence-electron chi connectivity index (χ1n) is 6.45. The number of halogens is 4. The minimum absolute atomic E-state index is 0.0913. The zero-order chi connectivity index (χ0) is 14.9. The van der Waals surface area contributed by atoms with Crippen LogP contribution in [0.5, 0.6) is 0 Å². The van der Waals surface area contributed by atoms with Gasteiger partial charge in [0.2, 0.25) is 0 Å². The van der Waals surface area contributed by atoms with E-state index >= 15 is 0 Å². The average molecular weight is 289 g/mol. The molecule has 0 spiro atoms. The van der Waals surface area contributed by atoms with Gasteiger partial charge in [-0.3, -0.25) is 4.79 Å². The minimum atomic E-state index is -4.80. The number of hydrogen-bond acceptors (Lipinski definition) is 1. The monoisotopic (exact) mass is 289 g/mol. The van der Waals surface area contributed by atoms with Gasteiger partial charge in [0.25, 0.3) is 5.91 Å². The molecule has 0 bridgehead atoms. The third kappa shape index (κ3) is 3.11. The smallest absolute Gasteiger partial charge is 0.349 e. The number of hydrogen-bond donors (Lipinski definition) is 1. The van der Waals surface area contributed by atoms with Crippen LogP contribution in [0, 0.1) is 11.7 Å². The van der Waals surface area contributed by atoms with Crippen molar-refractivity contribution in [3.63, 3.8) is 0 Å². The molecule has 1 aliphatic carbocycles. The first-order valence-corrected chi connectivity index (χ1v) is 6.45. The fourth-order valence-electron chi connectivity index (χ4n) is 2.53. The van der Waals surface area contributed by atoms with E-state index in [1.807, 2.05) is 6.92 Å². The highest BCUT2D eigenvalue weighted by molar-refractivity contribution is 5.94. The number of nitrogens with one attached hydrogen (secondary N) is 1. The van der Waals surface area contributed by atoms with Gasteiger partial charge in [-0.15, -0.1) is 0 Å². The lowest BCUT2D eigenvalue weighted by atomic mass is 10.1. The van der Waals surface area contributed by atoms with E-state index in [0.29, 0.717) is 12.0 Å². The first kappa shape index (κ1) is 14.8. The Bertz CT molecular complexity index is 512. The van der Waals surface area contributed by atoms with Crippen LogP contribution in [0.25, 0.3) is 0 Å². The molecule has 2 rings (SSSR count). The molecule has 6 heteroatoms. The van der Waals surface area contributed by atoms with Gasteiger partial charge in [0.1, 0.15) is 5.82 Å². The van der Waals surface area contributed by atoms with Crippen LogP contribution in [-0.2, 0) is 6.18 Å². The third-order valence-corrected chi connectivity index (χ3v) is 3.58. The van der Waals surface area contributed by atoms with Crippen LogP contribution in [0.3, 0.4) is 0 Å². The van der Waals surface area contributed by atoms with Crippen molar-refractivity contribution in [3.8, 4) is 0 Å². The molecule has 0 aliphatic heterocycles. The summed E-state index contributed by atoms with van der Waals surface area (Å²) in [4.78, 5) is 11.9. The van der Waals surface area contributed by atoms with E-state index in [1.165, 1.54) is 0 Å². The molecule has 0 aromatic heterocycles. The molecule has 0 saturated heterocycles. The second kappa shape index (κ2) is 5.42. The minimum Gasteiger partial charge on any atom is -0.349 e. The number of carbonyl (C=O) groups is 1. The number of alkyl halides is 3. The van der Waals surface area contributed by atoms with Gasteiger partial charge >= 0.3 is 6.18 Å². The summed E-state index contributed by atoms with van der Waals surface area (Å²) in [6.45, 7) is 2.04. The highest BCUT2D eigenvalue weighted by Crippen LogP contribution is 2.32. The Kier molecular flexibility index (Phi) is 4.01. The van der Waals surface area contributed by atoms with E-state index in [9.17, 15) is 22.4 Å². The Labute approximate surface area is 114 Å². The molecule has 20 heavy (non-hydrogen) atoms. The highest BCUT2D eigenvalue weighted by Gasteiger charge is 2.36. The van der Waals surface area contributed by atoms with Crippen molar-refractivity contribution in [3.05, 3.63) is 35.1 Å². The Hall–Kier alpha value is -1.59. The molecule has 1 saturated carbocycles. The molecule has 1 fully saturated rings. The van der Waals surface area contributed by atoms with Crippen molar-refractivity contribution in [1.29, 1.82) is 0 Å². The van der Waals surface area contributed by atoms with Gasteiger partial charge in [0.05, 0.1) is 11.1 Å². The van der Waals surface area contributed by atoms with Crippen molar-refractivity contribution in [2.75, 3.05) is 0 Å². The maximum atomic E-state index is 13.8. The standard InChI is InChI=1S/C14H15F4NO/c1-8-5-6-9(7-8)19-13(20)10-3-2-4-11(12(10)15)14(16,17)18/h2-4,8-9H,5-7H2,1H3,(H,19,20). The summed E-state index contributed by atoms with van der Waals surface area (Å²) in [5.41, 5.74) is -1.97. The van der Waals surface area contributed by atoms with Crippen LogP contribution in [-0.4, -0.2) is 11.9 Å². The summed E-state index contributed by atoms with van der Waals surface area (Å²) in [5, 5.41) is 2.60. The molecule has 2 atom stereocenters. The predicted molar refractivity (Wildman–Crippen MR) is 65.7 cm³/mol. The van der Waals surface area contributed by atoms with Gasteiger partial charge in [-0.2, -0.15) is 13.2 Å². The molecule has 0 radical (unpaired) electrons. The number of amides is 1. The first-order chi connectivity index (χ1) is 9.29. The molecule has 2 nitrogen and oxygen atoms in total. The van der Waals surface area contributed by atoms with E-state index in [4.69, 9.17) is 0 Å². The van der Waals surface area contributed by atoms with Crippen molar-refractivity contribution in [2.45, 2.75) is 38.4 Å². The quantitative estimate of drug-likeness (QED) is 0.825. The summed E-state index contributed by atoms with van der Waals surface area (Å²) < 4.78 is 51.5. The molecule has 1 N–H and O–H groups in total. The lowest BCUT2D eigenvalue weighted by Crippen LogP contribution is -2.33. The van der Waals surface area contributed by atoms with Gasteiger partial charge in [-0.1, -0.05) is 13.0 Å². The second-order valence-corrected chi connectivity index (χ2v) is 5.25. The van der Waals surface area contributed by atoms with Crippen molar-refractivity contribution < 1.29 is 22.4 Å². The highest BCUT2D eigenvalue weighted by atomic mass is 19.4. The number of benzene rings is 1. The zero-order valence-electron chi connectivity index (χ0n) is 10.9. The third-order valence-electron chi connectivity index (χ3n) is 3.58. The van der Waals surface area contributed by atoms with Gasteiger partial charge in [0, 0.05) is 6.04 Å². The van der Waals surface area contributed by atoms with Crippen molar-refractivity contribution >= 4 is 5.91 Å². The van der Waals surface area contributed by atoms with Crippen LogP contribution in [0.2, 0.25) is 0 Å². The van der Waals surface area contributed by atoms with Gasteiger partial charge in [0.15, 0.2) is 0 Å². The van der Waals surface area contributed by atoms with Crippen molar-refractivity contribution in [1.82, 2.24) is 5.32 Å². The molecular formula is C14H15F4NO. The maximum Gasteiger partial charge on any atom is 0.419 e. The lowest BCUT2D eigenvalue weighted by Gasteiger charge is -2.14. The average Bonchev–Trinajstić information content (AvgIpc) is 2.73. The Morgan fingerprint density at radius 3 is 2.55 bits per heavy atom. The van der Waals surface area contributed by atoms with E-state index in [2.05, 4.69) is 5.32 Å². The summed E-state index contributed by atoms with van der Waals surface area (Å²) in [6.07, 6.45) is -2.31. The molecule has 1 aliphatic rings. The summed E-state index contributed by atoms with van der Waals surface area (Å²) >= 11 is 0. The van der Waals surface area contributed by atoms with Crippen LogP contribution in [0.15, 0.2) is 18.2 Å². The van der Waals surface area contributed by atoms with Crippen LogP contribution in [0.4, 0.5) is 17.6 Å². The summed E-state index contributed by atoms with van der Waals surface area (Å²) in [7, 11) is 0. The van der Waals surface area contributed by atoms with E-state index in [-0.39, 0.29) is 6.04 Å².